The highest BCUT2D eigenvalue weighted by Gasteiger charge is 2.61. The minimum absolute atomic E-state index is 0.0170. The fourth-order valence-corrected chi connectivity index (χ4v) is 9.08. The molecular weight excluding hydrogens is 801 g/mol. The number of hydrogen-bond donors (Lipinski definition) is 5. The van der Waals surface area contributed by atoms with E-state index in [1.165, 1.54) is 16.2 Å². The highest BCUT2D eigenvalue weighted by molar-refractivity contribution is 7.14. The second-order valence-electron chi connectivity index (χ2n) is 18.3. The van der Waals surface area contributed by atoms with E-state index in [2.05, 4.69) is 21.3 Å². The van der Waals surface area contributed by atoms with Crippen molar-refractivity contribution in [2.75, 3.05) is 32.1 Å². The van der Waals surface area contributed by atoms with Crippen LogP contribution in [0.5, 0.6) is 11.5 Å². The molecule has 2 saturated heterocycles. The van der Waals surface area contributed by atoms with E-state index in [9.17, 15) is 29.1 Å². The number of carboxylic acid groups (broad SMARTS) is 1. The molecule has 332 valence electrons. The van der Waals surface area contributed by atoms with Crippen molar-refractivity contribution in [2.24, 2.45) is 17.3 Å². The lowest BCUT2D eigenvalue weighted by molar-refractivity contribution is -0.146. The third-order valence-corrected chi connectivity index (χ3v) is 12.8. The monoisotopic (exact) mass is 862 g/mol. The molecule has 1 saturated carbocycles. The summed E-state index contributed by atoms with van der Waals surface area (Å²) < 4.78 is 12.2. The summed E-state index contributed by atoms with van der Waals surface area (Å²) in [7, 11) is 1.57. The summed E-state index contributed by atoms with van der Waals surface area (Å²) >= 11 is 1.46. The number of carboxylic acids is 1. The SMILES string of the molecule is CCC1C[C@]1(NC(=O)[C@@H]1C[C@@H](Oc2cc(-c3csc(NC(C)C)n3)nc3cc(OC)ccc23)CN1C(=O)[C@@H](NC(=O)N[C@H](CN1CCCCC1=O)C(C)(C)C)C(C)C)C(=O)O. The molecule has 6 atom stereocenters. The standard InChI is InChI=1S/C44H62N8O8S/c1-10-26-20-44(26,40(56)57)50-38(54)33-18-28(60-34-19-31(32-23-61-42(47-32)45-25(4)5)46-30-17-27(59-9)14-15-29(30)34)21-52(33)39(55)37(24(2)3)49-41(58)48-35(43(6,7)8)22-51-16-12-11-13-36(51)53/h14-15,17,19,23-26,28,33,35,37H,10-13,16,18,20-22H2,1-9H3,(H,45,47)(H,50,54)(H,56,57)(H2,48,49,58)/t26?,28-,33+,35-,37+,44-/m1/s1. The zero-order valence-corrected chi connectivity index (χ0v) is 37.6. The van der Waals surface area contributed by atoms with Crippen LogP contribution < -0.4 is 30.7 Å². The van der Waals surface area contributed by atoms with Crippen molar-refractivity contribution in [2.45, 2.75) is 130 Å². The smallest absolute Gasteiger partial charge is 0.329 e. The molecule has 17 heteroatoms. The van der Waals surface area contributed by atoms with Crippen LogP contribution in [0.4, 0.5) is 9.93 Å². The lowest BCUT2D eigenvalue weighted by Gasteiger charge is -2.38. The van der Waals surface area contributed by atoms with Crippen LogP contribution in [0.1, 0.15) is 93.9 Å². The first-order valence-electron chi connectivity index (χ1n) is 21.4. The van der Waals surface area contributed by atoms with Crippen LogP contribution in [0.3, 0.4) is 0 Å². The van der Waals surface area contributed by atoms with Crippen molar-refractivity contribution in [3.63, 3.8) is 0 Å². The maximum Gasteiger partial charge on any atom is 0.329 e. The highest BCUT2D eigenvalue weighted by atomic mass is 32.1. The summed E-state index contributed by atoms with van der Waals surface area (Å²) in [6.07, 6.45) is 2.44. The summed E-state index contributed by atoms with van der Waals surface area (Å²) in [6.45, 7) is 16.5. The fraction of sp³-hybridized carbons (Fsp3) is 0.614. The summed E-state index contributed by atoms with van der Waals surface area (Å²) in [5.41, 5.74) is -0.0470. The van der Waals surface area contributed by atoms with Gasteiger partial charge in [0.2, 0.25) is 17.7 Å². The number of aromatic nitrogens is 2. The Morgan fingerprint density at radius 1 is 1.05 bits per heavy atom. The van der Waals surface area contributed by atoms with E-state index in [1.807, 2.05) is 66.8 Å². The van der Waals surface area contributed by atoms with Gasteiger partial charge in [0.1, 0.15) is 40.9 Å². The zero-order chi connectivity index (χ0) is 44.4. The van der Waals surface area contributed by atoms with Gasteiger partial charge in [0.05, 0.1) is 30.9 Å². The van der Waals surface area contributed by atoms with Crippen molar-refractivity contribution < 1.29 is 38.6 Å². The van der Waals surface area contributed by atoms with Crippen LogP contribution in [0.2, 0.25) is 0 Å². The van der Waals surface area contributed by atoms with E-state index in [-0.39, 0.29) is 30.8 Å². The first-order chi connectivity index (χ1) is 28.8. The first kappa shape index (κ1) is 45.3. The number of methoxy groups -OCH3 is 1. The largest absolute Gasteiger partial charge is 0.497 e. The van der Waals surface area contributed by atoms with Crippen molar-refractivity contribution in [1.29, 1.82) is 0 Å². The molecule has 0 bridgehead atoms. The Morgan fingerprint density at radius 2 is 1.80 bits per heavy atom. The number of benzene rings is 1. The summed E-state index contributed by atoms with van der Waals surface area (Å²) in [5.74, 6) is -1.73. The summed E-state index contributed by atoms with van der Waals surface area (Å²) in [4.78, 5) is 80.9. The number of hydrogen-bond acceptors (Lipinski definition) is 11. The summed E-state index contributed by atoms with van der Waals surface area (Å²) in [5, 5.41) is 25.6. The Bertz CT molecular complexity index is 2120. The molecule has 2 aromatic heterocycles. The van der Waals surface area contributed by atoms with Gasteiger partial charge in [-0.3, -0.25) is 14.4 Å². The van der Waals surface area contributed by atoms with Gasteiger partial charge < -0.3 is 45.6 Å². The van der Waals surface area contributed by atoms with Crippen molar-refractivity contribution >= 4 is 57.1 Å². The predicted octanol–water partition coefficient (Wildman–Crippen LogP) is 5.66. The van der Waals surface area contributed by atoms with Gasteiger partial charge in [-0.15, -0.1) is 11.3 Å². The number of piperidine rings is 1. The Hall–Kier alpha value is -5.19. The number of likely N-dealkylation sites (tertiary alicyclic amines) is 2. The normalized spacial score (nSPS) is 22.5. The molecule has 2 aliphatic heterocycles. The van der Waals surface area contributed by atoms with E-state index in [0.29, 0.717) is 66.1 Å². The number of anilines is 1. The van der Waals surface area contributed by atoms with Crippen molar-refractivity contribution in [1.82, 2.24) is 35.7 Å². The van der Waals surface area contributed by atoms with Crippen LogP contribution in [-0.2, 0) is 19.2 Å². The lowest BCUT2D eigenvalue weighted by Crippen LogP contribution is -2.60. The molecule has 1 unspecified atom stereocenters. The average Bonchev–Trinajstić information content (AvgIpc) is 3.47. The third kappa shape index (κ3) is 10.3. The molecule has 3 fully saturated rings. The van der Waals surface area contributed by atoms with E-state index in [0.717, 1.165) is 18.0 Å². The van der Waals surface area contributed by atoms with E-state index < -0.39 is 64.9 Å². The second-order valence-corrected chi connectivity index (χ2v) is 19.2. The molecule has 0 radical (unpaired) electrons. The minimum atomic E-state index is -1.42. The zero-order valence-electron chi connectivity index (χ0n) is 36.8. The number of carbonyl (C=O) groups is 5. The Labute approximate surface area is 361 Å². The minimum Gasteiger partial charge on any atom is -0.497 e. The first-order valence-corrected chi connectivity index (χ1v) is 22.3. The van der Waals surface area contributed by atoms with Gasteiger partial charge in [0.25, 0.3) is 0 Å². The molecule has 1 aromatic carbocycles. The number of aliphatic carboxylic acids is 1. The number of fused-ring (bicyclic) bond motifs is 1. The van der Waals surface area contributed by atoms with Crippen molar-refractivity contribution in [3.05, 3.63) is 29.6 Å². The topological polar surface area (TPSA) is 204 Å². The number of rotatable bonds is 16. The van der Waals surface area contributed by atoms with E-state index in [1.54, 1.807) is 30.2 Å². The fourth-order valence-electron chi connectivity index (χ4n) is 8.23. The van der Waals surface area contributed by atoms with E-state index in [4.69, 9.17) is 19.4 Å². The van der Waals surface area contributed by atoms with E-state index >= 15 is 0 Å². The molecule has 3 aromatic rings. The molecule has 16 nitrogen and oxygen atoms in total. The molecule has 1 aliphatic carbocycles. The van der Waals surface area contributed by atoms with Gasteiger partial charge in [-0.1, -0.05) is 48.0 Å². The highest BCUT2D eigenvalue weighted by Crippen LogP contribution is 2.46. The number of amides is 5. The Morgan fingerprint density at radius 3 is 2.43 bits per heavy atom. The Kier molecular flexibility index (Phi) is 13.7. The molecule has 6 rings (SSSR count). The molecule has 5 amide bonds. The Balaban J connectivity index is 1.29. The number of nitrogens with one attached hydrogen (secondary N) is 4. The van der Waals surface area contributed by atoms with Gasteiger partial charge >= 0.3 is 12.0 Å². The van der Waals surface area contributed by atoms with Crippen LogP contribution in [0.25, 0.3) is 22.3 Å². The molecular formula is C44H62N8O8S. The lowest BCUT2D eigenvalue weighted by atomic mass is 9.86. The molecule has 5 N–H and O–H groups in total. The number of nitrogens with zero attached hydrogens (tertiary/aromatic N) is 4. The quantitative estimate of drug-likeness (QED) is 0.119. The number of pyridine rings is 1. The number of urea groups is 1. The van der Waals surface area contributed by atoms with Gasteiger partial charge in [0, 0.05) is 54.9 Å². The van der Waals surface area contributed by atoms with Gasteiger partial charge in [0.15, 0.2) is 5.13 Å². The van der Waals surface area contributed by atoms with Gasteiger partial charge in [-0.05, 0) is 62.5 Å². The number of ether oxygens (including phenoxy) is 2. The second kappa shape index (κ2) is 18.4. The van der Waals surface area contributed by atoms with Crippen LogP contribution in [0.15, 0.2) is 29.6 Å². The molecule has 0 spiro atoms. The maximum absolute atomic E-state index is 14.8. The molecule has 4 heterocycles. The summed E-state index contributed by atoms with van der Waals surface area (Å²) in [6, 6.07) is 4.28. The average molecular weight is 863 g/mol. The van der Waals surface area contributed by atoms with Crippen LogP contribution in [-0.4, -0.2) is 117 Å². The van der Waals surface area contributed by atoms with Crippen LogP contribution in [0, 0.1) is 17.3 Å². The number of thiazole rings is 1. The van der Waals surface area contributed by atoms with Gasteiger partial charge in [-0.25, -0.2) is 19.6 Å². The molecule has 3 aliphatic rings. The third-order valence-electron chi connectivity index (χ3n) is 12.0. The number of carbonyl (C=O) groups excluding carboxylic acids is 4. The van der Waals surface area contributed by atoms with Crippen LogP contribution >= 0.6 is 11.3 Å². The van der Waals surface area contributed by atoms with Gasteiger partial charge in [-0.2, -0.15) is 0 Å². The molecule has 61 heavy (non-hydrogen) atoms. The predicted molar refractivity (Wildman–Crippen MR) is 234 cm³/mol. The van der Waals surface area contributed by atoms with Crippen molar-refractivity contribution in [3.8, 4) is 22.9 Å². The maximum atomic E-state index is 14.8.